The molecule has 1 aromatic carbocycles. The zero-order chi connectivity index (χ0) is 20.4. The van der Waals surface area contributed by atoms with E-state index in [1.54, 1.807) is 21.2 Å². The summed E-state index contributed by atoms with van der Waals surface area (Å²) in [5.41, 5.74) is 1.12. The van der Waals surface area contributed by atoms with Crippen LogP contribution in [0.3, 0.4) is 0 Å². The number of piperidine rings is 1. The molecule has 0 unspecified atom stereocenters. The van der Waals surface area contributed by atoms with Crippen LogP contribution in [-0.2, 0) is 16.1 Å². The number of methoxy groups -OCH3 is 1. The minimum absolute atomic E-state index is 0.0399. The number of amides is 1. The first-order valence-electron chi connectivity index (χ1n) is 9.68. The van der Waals surface area contributed by atoms with Crippen molar-refractivity contribution in [1.29, 1.82) is 0 Å². The molecule has 0 saturated carbocycles. The van der Waals surface area contributed by atoms with Gasteiger partial charge >= 0.3 is 0 Å². The van der Waals surface area contributed by atoms with Gasteiger partial charge < -0.3 is 20.3 Å². The van der Waals surface area contributed by atoms with E-state index in [0.29, 0.717) is 25.2 Å². The smallest absolute Gasteiger partial charge is 0.243 e. The molecular weight excluding hydrogens is 361 g/mol. The fourth-order valence-electron chi connectivity index (χ4n) is 2.99. The van der Waals surface area contributed by atoms with E-state index in [0.717, 1.165) is 38.0 Å². The number of nitrogens with zero attached hydrogens (tertiary/aromatic N) is 3. The molecule has 1 saturated heterocycles. The number of guanidine groups is 1. The normalized spacial score (nSPS) is 16.1. The van der Waals surface area contributed by atoms with Gasteiger partial charge in [0.25, 0.3) is 0 Å². The third-order valence-corrected chi connectivity index (χ3v) is 4.72. The van der Waals surface area contributed by atoms with Crippen molar-refractivity contribution in [1.82, 2.24) is 20.4 Å². The molecule has 28 heavy (non-hydrogen) atoms. The Kier molecular flexibility index (Phi) is 9.16. The number of likely N-dealkylation sites (N-methyl/N-ethyl adjacent to an activating group) is 1. The number of hydrogen-bond acceptors (Lipinski definition) is 4. The van der Waals surface area contributed by atoms with Crippen molar-refractivity contribution in [2.24, 2.45) is 4.99 Å². The number of nitrogens with one attached hydrogen (secondary N) is 2. The molecule has 2 N–H and O–H groups in total. The van der Waals surface area contributed by atoms with Gasteiger partial charge in [-0.2, -0.15) is 0 Å². The number of aliphatic imine (C=N–C) groups is 1. The third-order valence-electron chi connectivity index (χ3n) is 4.72. The molecule has 1 aliphatic heterocycles. The van der Waals surface area contributed by atoms with E-state index in [-0.39, 0.29) is 18.3 Å². The third kappa shape index (κ3) is 7.82. The van der Waals surface area contributed by atoms with Crippen LogP contribution in [0.15, 0.2) is 29.3 Å². The van der Waals surface area contributed by atoms with Gasteiger partial charge in [0.2, 0.25) is 5.91 Å². The van der Waals surface area contributed by atoms with E-state index in [2.05, 4.69) is 20.5 Å². The van der Waals surface area contributed by atoms with Gasteiger partial charge in [0, 0.05) is 53.4 Å². The summed E-state index contributed by atoms with van der Waals surface area (Å²) in [6.45, 7) is 4.05. The summed E-state index contributed by atoms with van der Waals surface area (Å²) in [6.07, 6.45) is 1.96. The first-order valence-corrected chi connectivity index (χ1v) is 9.68. The van der Waals surface area contributed by atoms with Crippen molar-refractivity contribution in [2.45, 2.75) is 25.4 Å². The lowest BCUT2D eigenvalue weighted by atomic mass is 10.0. The van der Waals surface area contributed by atoms with Crippen LogP contribution in [0.5, 0.6) is 0 Å². The number of halogens is 1. The zero-order valence-electron chi connectivity index (χ0n) is 17.1. The minimum atomic E-state index is -0.202. The molecule has 0 atom stereocenters. The highest BCUT2D eigenvalue weighted by Crippen LogP contribution is 2.14. The number of carbonyl (C=O) groups is 1. The molecule has 156 valence electrons. The van der Waals surface area contributed by atoms with Gasteiger partial charge in [-0.05, 0) is 30.5 Å². The van der Waals surface area contributed by atoms with Crippen molar-refractivity contribution in [3.8, 4) is 0 Å². The van der Waals surface area contributed by atoms with Crippen LogP contribution in [-0.4, -0.2) is 81.7 Å². The highest BCUT2D eigenvalue weighted by molar-refractivity contribution is 5.84. The quantitative estimate of drug-likeness (QED) is 0.393. The maximum absolute atomic E-state index is 13.0. The average molecular weight is 394 g/mol. The Bertz CT molecular complexity index is 628. The standard InChI is InChI=1S/C20H32FN5O2/c1-25(2)19(27)14-23-20(22-10-13-28-3)24-18-8-11-26(12-9-18)15-16-4-6-17(21)7-5-16/h4-7,18H,8-15H2,1-3H3,(H2,22,23,24). The SMILES string of the molecule is COCCNC(=NCC(=O)N(C)C)NC1CCN(Cc2ccc(F)cc2)CC1. The number of carbonyl (C=O) groups excluding carboxylic acids is 1. The summed E-state index contributed by atoms with van der Waals surface area (Å²) in [5, 5.41) is 6.65. The van der Waals surface area contributed by atoms with Crippen LogP contribution in [0.4, 0.5) is 4.39 Å². The van der Waals surface area contributed by atoms with Gasteiger partial charge in [-0.15, -0.1) is 0 Å². The van der Waals surface area contributed by atoms with Gasteiger partial charge in [-0.25, -0.2) is 9.38 Å². The molecule has 1 amide bonds. The second kappa shape index (κ2) is 11.6. The maximum Gasteiger partial charge on any atom is 0.243 e. The summed E-state index contributed by atoms with van der Waals surface area (Å²) in [5.74, 6) is 0.401. The molecule has 1 fully saturated rings. The van der Waals surface area contributed by atoms with E-state index < -0.39 is 0 Å². The summed E-state index contributed by atoms with van der Waals surface area (Å²) < 4.78 is 18.1. The number of rotatable bonds is 8. The average Bonchev–Trinajstić information content (AvgIpc) is 2.69. The van der Waals surface area contributed by atoms with Crippen LogP contribution in [0.25, 0.3) is 0 Å². The van der Waals surface area contributed by atoms with Crippen molar-refractivity contribution in [3.05, 3.63) is 35.6 Å². The lowest BCUT2D eigenvalue weighted by molar-refractivity contribution is -0.127. The minimum Gasteiger partial charge on any atom is -0.383 e. The Morgan fingerprint density at radius 1 is 1.29 bits per heavy atom. The molecular formula is C20H32FN5O2. The molecule has 8 heteroatoms. The Labute approximate surface area is 166 Å². The highest BCUT2D eigenvalue weighted by atomic mass is 19.1. The largest absolute Gasteiger partial charge is 0.383 e. The molecule has 0 radical (unpaired) electrons. The predicted molar refractivity (Wildman–Crippen MR) is 109 cm³/mol. The topological polar surface area (TPSA) is 69.2 Å². The fraction of sp³-hybridized carbons (Fsp3) is 0.600. The van der Waals surface area contributed by atoms with E-state index in [1.807, 2.05) is 12.1 Å². The molecule has 1 aliphatic rings. The second-order valence-electron chi connectivity index (χ2n) is 7.19. The molecule has 0 spiro atoms. The first-order chi connectivity index (χ1) is 13.5. The van der Waals surface area contributed by atoms with Crippen molar-refractivity contribution in [2.75, 3.05) is 54.0 Å². The van der Waals surface area contributed by atoms with E-state index in [4.69, 9.17) is 4.74 Å². The van der Waals surface area contributed by atoms with Crippen molar-refractivity contribution >= 4 is 11.9 Å². The van der Waals surface area contributed by atoms with E-state index in [1.165, 1.54) is 17.0 Å². The Morgan fingerprint density at radius 2 is 1.96 bits per heavy atom. The van der Waals surface area contributed by atoms with Crippen molar-refractivity contribution < 1.29 is 13.9 Å². The Balaban J connectivity index is 1.82. The highest BCUT2D eigenvalue weighted by Gasteiger charge is 2.20. The van der Waals surface area contributed by atoms with Crippen LogP contribution >= 0.6 is 0 Å². The summed E-state index contributed by atoms with van der Waals surface area (Å²) in [4.78, 5) is 20.1. The van der Waals surface area contributed by atoms with Crippen LogP contribution in [0.2, 0.25) is 0 Å². The van der Waals surface area contributed by atoms with Gasteiger partial charge in [0.1, 0.15) is 12.4 Å². The van der Waals surface area contributed by atoms with Crippen LogP contribution < -0.4 is 10.6 Å². The van der Waals surface area contributed by atoms with Crippen molar-refractivity contribution in [3.63, 3.8) is 0 Å². The molecule has 0 bridgehead atoms. The molecule has 0 aliphatic carbocycles. The Hall–Kier alpha value is -2.19. The molecule has 2 rings (SSSR count). The predicted octanol–water partition coefficient (Wildman–Crippen LogP) is 1.06. The number of ether oxygens (including phenoxy) is 1. The van der Waals surface area contributed by atoms with E-state index in [9.17, 15) is 9.18 Å². The van der Waals surface area contributed by atoms with Crippen LogP contribution in [0, 0.1) is 5.82 Å². The molecule has 1 aromatic rings. The maximum atomic E-state index is 13.0. The van der Waals surface area contributed by atoms with Gasteiger partial charge in [0.05, 0.1) is 6.61 Å². The van der Waals surface area contributed by atoms with Gasteiger partial charge in [-0.1, -0.05) is 12.1 Å². The molecule has 1 heterocycles. The molecule has 0 aromatic heterocycles. The fourth-order valence-corrected chi connectivity index (χ4v) is 2.99. The lowest BCUT2D eigenvalue weighted by Gasteiger charge is -2.33. The van der Waals surface area contributed by atoms with Gasteiger partial charge in [0.15, 0.2) is 5.96 Å². The summed E-state index contributed by atoms with van der Waals surface area (Å²) in [6, 6.07) is 6.99. The monoisotopic (exact) mass is 393 g/mol. The van der Waals surface area contributed by atoms with Gasteiger partial charge in [-0.3, -0.25) is 9.69 Å². The Morgan fingerprint density at radius 3 is 2.57 bits per heavy atom. The van der Waals surface area contributed by atoms with Crippen LogP contribution in [0.1, 0.15) is 18.4 Å². The van der Waals surface area contributed by atoms with E-state index >= 15 is 0 Å². The number of hydrogen-bond donors (Lipinski definition) is 2. The second-order valence-corrected chi connectivity index (χ2v) is 7.19. The summed E-state index contributed by atoms with van der Waals surface area (Å²) in [7, 11) is 5.10. The zero-order valence-corrected chi connectivity index (χ0v) is 17.1. The number of benzene rings is 1. The number of likely N-dealkylation sites (tertiary alicyclic amines) is 1. The summed E-state index contributed by atoms with van der Waals surface area (Å²) >= 11 is 0. The first kappa shape index (κ1) is 22.1. The lowest BCUT2D eigenvalue weighted by Crippen LogP contribution is -2.49. The molecule has 7 nitrogen and oxygen atoms in total.